The number of nitrogens with one attached hydrogen (secondary N) is 1. The maximum absolute atomic E-state index is 5.30. The molecule has 1 fully saturated rings. The van der Waals surface area contributed by atoms with E-state index in [-0.39, 0.29) is 0 Å². The molecule has 1 aliphatic rings. The summed E-state index contributed by atoms with van der Waals surface area (Å²) in [4.78, 5) is 0. The molecule has 0 aromatic heterocycles. The van der Waals surface area contributed by atoms with Crippen molar-refractivity contribution < 1.29 is 4.74 Å². The monoisotopic (exact) mass is 267 g/mol. The zero-order valence-corrected chi connectivity index (χ0v) is 11.7. The first-order valence-electron chi connectivity index (χ1n) is 7.33. The second-order valence-corrected chi connectivity index (χ2v) is 5.44. The lowest BCUT2D eigenvalue weighted by atomic mass is 9.99. The molecule has 0 bridgehead atoms. The molecule has 1 unspecified atom stereocenters. The van der Waals surface area contributed by atoms with Gasteiger partial charge in [-0.25, -0.2) is 0 Å². The second kappa shape index (κ2) is 6.69. The first-order valence-corrected chi connectivity index (χ1v) is 7.33. The molecule has 1 aliphatic heterocycles. The average Bonchev–Trinajstić information content (AvgIpc) is 3.31. The fourth-order valence-corrected chi connectivity index (χ4v) is 2.50. The van der Waals surface area contributed by atoms with Crippen molar-refractivity contribution in [1.29, 1.82) is 0 Å². The Hall–Kier alpha value is -1.64. The molecule has 20 heavy (non-hydrogen) atoms. The van der Waals surface area contributed by atoms with Gasteiger partial charge in [0.25, 0.3) is 0 Å². The minimum absolute atomic E-state index is 0.434. The van der Waals surface area contributed by atoms with Crippen LogP contribution >= 0.6 is 0 Å². The molecule has 0 spiro atoms. The Morgan fingerprint density at radius 2 is 1.40 bits per heavy atom. The van der Waals surface area contributed by atoms with Gasteiger partial charge in [-0.1, -0.05) is 60.7 Å². The number of hydrogen-bond acceptors (Lipinski definition) is 2. The molecule has 2 heteroatoms. The van der Waals surface area contributed by atoms with Crippen molar-refractivity contribution in [3.8, 4) is 0 Å². The smallest absolute Gasteiger partial charge is 0.0934 e. The van der Waals surface area contributed by atoms with E-state index in [1.807, 2.05) is 0 Å². The number of hydrogen-bond donors (Lipinski definition) is 1. The third kappa shape index (κ3) is 4.19. The molecule has 1 heterocycles. The van der Waals surface area contributed by atoms with Crippen molar-refractivity contribution in [1.82, 2.24) is 5.32 Å². The lowest BCUT2D eigenvalue weighted by molar-refractivity contribution is 0.380. The maximum Gasteiger partial charge on any atom is 0.0934 e. The van der Waals surface area contributed by atoms with Crippen molar-refractivity contribution in [2.75, 3.05) is 13.2 Å². The first kappa shape index (κ1) is 13.3. The van der Waals surface area contributed by atoms with E-state index in [0.717, 1.165) is 26.0 Å². The number of ether oxygens (including phenoxy) is 1. The summed E-state index contributed by atoms with van der Waals surface area (Å²) in [6.45, 7) is 1.88. The number of epoxide rings is 1. The normalized spacial score (nSPS) is 17.4. The van der Waals surface area contributed by atoms with Gasteiger partial charge in [0.15, 0.2) is 0 Å². The molecule has 104 valence electrons. The van der Waals surface area contributed by atoms with Crippen LogP contribution in [0.5, 0.6) is 0 Å². The van der Waals surface area contributed by atoms with Gasteiger partial charge in [0.05, 0.1) is 12.7 Å². The largest absolute Gasteiger partial charge is 0.372 e. The van der Waals surface area contributed by atoms with Crippen LogP contribution in [-0.4, -0.2) is 25.3 Å². The Bertz CT molecular complexity index is 466. The average molecular weight is 267 g/mol. The quantitative estimate of drug-likeness (QED) is 0.780. The summed E-state index contributed by atoms with van der Waals surface area (Å²) in [6, 6.07) is 21.9. The Morgan fingerprint density at radius 1 is 0.900 bits per heavy atom. The van der Waals surface area contributed by atoms with E-state index in [2.05, 4.69) is 66.0 Å². The van der Waals surface area contributed by atoms with Gasteiger partial charge in [-0.2, -0.15) is 0 Å². The van der Waals surface area contributed by atoms with Crippen LogP contribution in [0.3, 0.4) is 0 Å². The van der Waals surface area contributed by atoms with E-state index in [1.165, 1.54) is 11.1 Å². The highest BCUT2D eigenvalue weighted by Crippen LogP contribution is 2.12. The molecule has 0 amide bonds. The van der Waals surface area contributed by atoms with Crippen LogP contribution in [0.2, 0.25) is 0 Å². The molecular weight excluding hydrogens is 246 g/mol. The van der Waals surface area contributed by atoms with Gasteiger partial charge >= 0.3 is 0 Å². The van der Waals surface area contributed by atoms with E-state index in [4.69, 9.17) is 4.74 Å². The van der Waals surface area contributed by atoms with Crippen LogP contribution in [0, 0.1) is 0 Å². The zero-order valence-electron chi connectivity index (χ0n) is 11.7. The van der Waals surface area contributed by atoms with Crippen molar-refractivity contribution >= 4 is 0 Å². The molecule has 2 nitrogen and oxygen atoms in total. The van der Waals surface area contributed by atoms with Gasteiger partial charge < -0.3 is 10.1 Å². The van der Waals surface area contributed by atoms with Gasteiger partial charge in [0, 0.05) is 12.6 Å². The summed E-state index contributed by atoms with van der Waals surface area (Å²) in [6.07, 6.45) is 2.55. The van der Waals surface area contributed by atoms with E-state index in [9.17, 15) is 0 Å². The topological polar surface area (TPSA) is 24.6 Å². The number of benzene rings is 2. The Morgan fingerprint density at radius 3 is 1.85 bits per heavy atom. The molecule has 0 saturated carbocycles. The van der Waals surface area contributed by atoms with E-state index in [0.29, 0.717) is 12.1 Å². The van der Waals surface area contributed by atoms with Crippen LogP contribution in [0.15, 0.2) is 60.7 Å². The van der Waals surface area contributed by atoms with Gasteiger partial charge in [-0.15, -0.1) is 0 Å². The third-order valence-electron chi connectivity index (χ3n) is 3.69. The highest BCUT2D eigenvalue weighted by atomic mass is 16.6. The van der Waals surface area contributed by atoms with Crippen LogP contribution < -0.4 is 5.32 Å². The molecule has 1 atom stereocenters. The molecule has 1 saturated heterocycles. The molecule has 2 aromatic carbocycles. The van der Waals surface area contributed by atoms with Crippen LogP contribution in [0.25, 0.3) is 0 Å². The fourth-order valence-electron chi connectivity index (χ4n) is 2.50. The van der Waals surface area contributed by atoms with Crippen LogP contribution in [0.4, 0.5) is 0 Å². The van der Waals surface area contributed by atoms with Gasteiger partial charge in [0.2, 0.25) is 0 Å². The highest BCUT2D eigenvalue weighted by molar-refractivity contribution is 5.19. The molecule has 0 radical (unpaired) electrons. The van der Waals surface area contributed by atoms with Crippen molar-refractivity contribution in [3.05, 3.63) is 71.8 Å². The first-order chi connectivity index (χ1) is 9.90. The van der Waals surface area contributed by atoms with Crippen LogP contribution in [-0.2, 0) is 17.6 Å². The maximum atomic E-state index is 5.30. The summed E-state index contributed by atoms with van der Waals surface area (Å²) >= 11 is 0. The van der Waals surface area contributed by atoms with Crippen LogP contribution in [0.1, 0.15) is 11.1 Å². The Balaban J connectivity index is 1.63. The molecule has 2 aromatic rings. The van der Waals surface area contributed by atoms with E-state index < -0.39 is 0 Å². The Kier molecular flexibility index (Phi) is 4.46. The fraction of sp³-hybridized carbons (Fsp3) is 0.333. The predicted molar refractivity (Wildman–Crippen MR) is 81.8 cm³/mol. The standard InChI is InChI=1S/C18H21NO/c1-3-7-15(8-4-1)11-17(19-13-18-14-20-18)12-16-9-5-2-6-10-16/h1-10,17-19H,11-14H2. The van der Waals surface area contributed by atoms with Crippen molar-refractivity contribution in [2.45, 2.75) is 25.0 Å². The van der Waals surface area contributed by atoms with Crippen molar-refractivity contribution in [2.24, 2.45) is 0 Å². The van der Waals surface area contributed by atoms with Gasteiger partial charge in [-0.3, -0.25) is 0 Å². The lowest BCUT2D eigenvalue weighted by Crippen LogP contribution is -2.35. The molecule has 0 aliphatic carbocycles. The molecule has 1 N–H and O–H groups in total. The summed E-state index contributed by atoms with van der Waals surface area (Å²) < 4.78 is 5.30. The second-order valence-electron chi connectivity index (χ2n) is 5.44. The van der Waals surface area contributed by atoms with E-state index in [1.54, 1.807) is 0 Å². The van der Waals surface area contributed by atoms with Gasteiger partial charge in [0.1, 0.15) is 0 Å². The minimum atomic E-state index is 0.434. The third-order valence-corrected chi connectivity index (χ3v) is 3.69. The van der Waals surface area contributed by atoms with Gasteiger partial charge in [-0.05, 0) is 24.0 Å². The Labute approximate surface area is 120 Å². The summed E-state index contributed by atoms with van der Waals surface area (Å²) in [5.74, 6) is 0. The molecule has 3 rings (SSSR count). The van der Waals surface area contributed by atoms with E-state index >= 15 is 0 Å². The predicted octanol–water partition coefficient (Wildman–Crippen LogP) is 2.83. The lowest BCUT2D eigenvalue weighted by Gasteiger charge is -2.18. The number of rotatable bonds is 7. The summed E-state index contributed by atoms with van der Waals surface area (Å²) in [5.41, 5.74) is 2.77. The highest BCUT2D eigenvalue weighted by Gasteiger charge is 2.23. The zero-order chi connectivity index (χ0) is 13.6. The van der Waals surface area contributed by atoms with Crippen molar-refractivity contribution in [3.63, 3.8) is 0 Å². The summed E-state index contributed by atoms with van der Waals surface area (Å²) in [7, 11) is 0. The summed E-state index contributed by atoms with van der Waals surface area (Å²) in [5, 5.41) is 3.65. The SMILES string of the molecule is c1ccc(CC(Cc2ccccc2)NCC2CO2)cc1. The molecular formula is C18H21NO. The minimum Gasteiger partial charge on any atom is -0.372 e.